The zero-order chi connectivity index (χ0) is 6.85. The average molecular weight is 126 g/mol. The van der Waals surface area contributed by atoms with Crippen molar-refractivity contribution < 1.29 is 0 Å². The molecular formula is C7H14N2. The summed E-state index contributed by atoms with van der Waals surface area (Å²) >= 11 is 0. The van der Waals surface area contributed by atoms with Gasteiger partial charge in [-0.2, -0.15) is 0 Å². The Morgan fingerprint density at radius 1 is 1.78 bits per heavy atom. The van der Waals surface area contributed by atoms with Gasteiger partial charge in [0.25, 0.3) is 0 Å². The van der Waals surface area contributed by atoms with E-state index in [0.29, 0.717) is 12.0 Å². The molecule has 1 rings (SSSR count). The highest BCUT2D eigenvalue weighted by Gasteiger charge is 2.16. The molecule has 3 N–H and O–H groups in total. The summed E-state index contributed by atoms with van der Waals surface area (Å²) < 4.78 is 0. The molecule has 0 radical (unpaired) electrons. The minimum absolute atomic E-state index is 0.574. The predicted octanol–water partition coefficient (Wildman–Crippen LogP) is 0.804. The first-order chi connectivity index (χ1) is 4.20. The van der Waals surface area contributed by atoms with Crippen molar-refractivity contribution >= 4 is 0 Å². The fourth-order valence-electron chi connectivity index (χ4n) is 1.02. The van der Waals surface area contributed by atoms with Crippen LogP contribution in [0.5, 0.6) is 0 Å². The Morgan fingerprint density at radius 2 is 2.44 bits per heavy atom. The first-order valence-corrected chi connectivity index (χ1v) is 3.42. The molecule has 1 atom stereocenters. The van der Waals surface area contributed by atoms with Crippen molar-refractivity contribution in [1.29, 1.82) is 0 Å². The second-order valence-electron chi connectivity index (χ2n) is 2.89. The van der Waals surface area contributed by atoms with Gasteiger partial charge >= 0.3 is 0 Å². The molecule has 0 aromatic heterocycles. The van der Waals surface area contributed by atoms with Gasteiger partial charge in [0, 0.05) is 6.04 Å². The van der Waals surface area contributed by atoms with Crippen LogP contribution >= 0.6 is 0 Å². The Hall–Kier alpha value is -0.660. The Bertz CT molecular complexity index is 127. The van der Waals surface area contributed by atoms with Gasteiger partial charge in [0.05, 0.1) is 5.82 Å². The molecule has 0 saturated carbocycles. The van der Waals surface area contributed by atoms with Gasteiger partial charge in [-0.25, -0.2) is 0 Å². The third-order valence-corrected chi connectivity index (χ3v) is 1.75. The minimum Gasteiger partial charge on any atom is -0.386 e. The summed E-state index contributed by atoms with van der Waals surface area (Å²) in [5.74, 6) is 1.52. The standard InChI is InChI=1S/C7H14N2/c1-5(2)6-3-4-7(8)9-6/h4-6,9H,3,8H2,1-2H3/t6-/m0/s1. The molecule has 1 aliphatic rings. The molecule has 0 amide bonds. The van der Waals surface area contributed by atoms with E-state index in [1.54, 1.807) is 0 Å². The molecule has 9 heavy (non-hydrogen) atoms. The molecule has 0 bridgehead atoms. The first-order valence-electron chi connectivity index (χ1n) is 3.42. The van der Waals surface area contributed by atoms with E-state index in [4.69, 9.17) is 5.73 Å². The smallest absolute Gasteiger partial charge is 0.0922 e. The van der Waals surface area contributed by atoms with Crippen molar-refractivity contribution in [2.75, 3.05) is 0 Å². The van der Waals surface area contributed by atoms with Crippen molar-refractivity contribution in [3.05, 3.63) is 11.9 Å². The van der Waals surface area contributed by atoms with Crippen molar-refractivity contribution in [3.8, 4) is 0 Å². The zero-order valence-corrected chi connectivity index (χ0v) is 6.02. The summed E-state index contributed by atoms with van der Waals surface area (Å²) in [5.41, 5.74) is 5.51. The van der Waals surface area contributed by atoms with Crippen LogP contribution in [0.3, 0.4) is 0 Å². The monoisotopic (exact) mass is 126 g/mol. The van der Waals surface area contributed by atoms with E-state index in [9.17, 15) is 0 Å². The molecule has 0 aromatic rings. The van der Waals surface area contributed by atoms with Crippen molar-refractivity contribution in [2.24, 2.45) is 11.7 Å². The van der Waals surface area contributed by atoms with Gasteiger partial charge in [-0.3, -0.25) is 0 Å². The van der Waals surface area contributed by atoms with Crippen LogP contribution in [0.15, 0.2) is 11.9 Å². The second kappa shape index (κ2) is 2.29. The van der Waals surface area contributed by atoms with Crippen LogP contribution in [0, 0.1) is 5.92 Å². The quantitative estimate of drug-likeness (QED) is 0.545. The maximum absolute atomic E-state index is 5.51. The van der Waals surface area contributed by atoms with Crippen LogP contribution < -0.4 is 11.1 Å². The van der Waals surface area contributed by atoms with Gasteiger partial charge in [-0.05, 0) is 18.4 Å². The van der Waals surface area contributed by atoms with E-state index in [1.807, 2.05) is 6.08 Å². The Labute approximate surface area is 56.1 Å². The maximum atomic E-state index is 5.51. The molecule has 2 nitrogen and oxygen atoms in total. The number of hydrogen-bond donors (Lipinski definition) is 2. The topological polar surface area (TPSA) is 38.0 Å². The molecule has 0 saturated heterocycles. The third kappa shape index (κ3) is 1.37. The molecule has 0 aromatic carbocycles. The normalized spacial score (nSPS) is 26.1. The number of nitrogens with two attached hydrogens (primary N) is 1. The van der Waals surface area contributed by atoms with Crippen molar-refractivity contribution in [2.45, 2.75) is 26.3 Å². The van der Waals surface area contributed by atoms with Crippen LogP contribution in [0.25, 0.3) is 0 Å². The molecule has 0 unspecified atom stereocenters. The SMILES string of the molecule is CC(C)[C@@H]1CC=C(N)N1. The molecule has 2 heteroatoms. The molecule has 0 spiro atoms. The molecular weight excluding hydrogens is 112 g/mol. The van der Waals surface area contributed by atoms with Crippen LogP contribution in [-0.2, 0) is 0 Å². The number of hydrogen-bond acceptors (Lipinski definition) is 2. The highest BCUT2D eigenvalue weighted by Crippen LogP contribution is 2.12. The summed E-state index contributed by atoms with van der Waals surface area (Å²) in [6.45, 7) is 4.40. The lowest BCUT2D eigenvalue weighted by Gasteiger charge is -2.15. The van der Waals surface area contributed by atoms with E-state index in [2.05, 4.69) is 19.2 Å². The van der Waals surface area contributed by atoms with Crippen molar-refractivity contribution in [1.82, 2.24) is 5.32 Å². The summed E-state index contributed by atoms with van der Waals surface area (Å²) in [5, 5.41) is 3.19. The number of rotatable bonds is 1. The van der Waals surface area contributed by atoms with Crippen LogP contribution in [0.4, 0.5) is 0 Å². The lowest BCUT2D eigenvalue weighted by molar-refractivity contribution is 0.456. The van der Waals surface area contributed by atoms with Gasteiger partial charge in [-0.15, -0.1) is 0 Å². The minimum atomic E-state index is 0.574. The molecule has 0 fully saturated rings. The van der Waals surface area contributed by atoms with E-state index in [1.165, 1.54) is 0 Å². The molecule has 1 aliphatic heterocycles. The fraction of sp³-hybridized carbons (Fsp3) is 0.714. The van der Waals surface area contributed by atoms with E-state index in [-0.39, 0.29) is 0 Å². The largest absolute Gasteiger partial charge is 0.386 e. The molecule has 1 heterocycles. The Kier molecular flexibility index (Phi) is 1.65. The maximum Gasteiger partial charge on any atom is 0.0922 e. The second-order valence-corrected chi connectivity index (χ2v) is 2.89. The van der Waals surface area contributed by atoms with E-state index in [0.717, 1.165) is 12.2 Å². The third-order valence-electron chi connectivity index (χ3n) is 1.75. The lowest BCUT2D eigenvalue weighted by Crippen LogP contribution is -2.30. The average Bonchev–Trinajstić information content (AvgIpc) is 2.14. The van der Waals surface area contributed by atoms with Crippen LogP contribution in [0.1, 0.15) is 20.3 Å². The highest BCUT2D eigenvalue weighted by atomic mass is 15.0. The van der Waals surface area contributed by atoms with Crippen LogP contribution in [-0.4, -0.2) is 6.04 Å². The van der Waals surface area contributed by atoms with Gasteiger partial charge < -0.3 is 11.1 Å². The first kappa shape index (κ1) is 6.46. The van der Waals surface area contributed by atoms with Crippen molar-refractivity contribution in [3.63, 3.8) is 0 Å². The van der Waals surface area contributed by atoms with Gasteiger partial charge in [-0.1, -0.05) is 13.8 Å². The molecule has 52 valence electrons. The van der Waals surface area contributed by atoms with Gasteiger partial charge in [0.2, 0.25) is 0 Å². The summed E-state index contributed by atoms with van der Waals surface area (Å²) in [4.78, 5) is 0. The summed E-state index contributed by atoms with van der Waals surface area (Å²) in [6, 6.07) is 0.574. The van der Waals surface area contributed by atoms with Gasteiger partial charge in [0.1, 0.15) is 0 Å². The highest BCUT2D eigenvalue weighted by molar-refractivity contribution is 5.05. The van der Waals surface area contributed by atoms with Crippen LogP contribution in [0.2, 0.25) is 0 Å². The Morgan fingerprint density at radius 3 is 2.67 bits per heavy atom. The Balaban J connectivity index is 2.37. The number of nitrogens with one attached hydrogen (secondary N) is 1. The summed E-state index contributed by atoms with van der Waals surface area (Å²) in [7, 11) is 0. The summed E-state index contributed by atoms with van der Waals surface area (Å²) in [6.07, 6.45) is 3.13. The van der Waals surface area contributed by atoms with E-state index < -0.39 is 0 Å². The lowest BCUT2D eigenvalue weighted by atomic mass is 10.0. The predicted molar refractivity (Wildman–Crippen MR) is 38.6 cm³/mol. The van der Waals surface area contributed by atoms with E-state index >= 15 is 0 Å². The van der Waals surface area contributed by atoms with Gasteiger partial charge in [0.15, 0.2) is 0 Å². The zero-order valence-electron chi connectivity index (χ0n) is 6.02. The molecule has 0 aliphatic carbocycles. The fourth-order valence-corrected chi connectivity index (χ4v) is 1.02.